The lowest BCUT2D eigenvalue weighted by atomic mass is 9.64. The summed E-state index contributed by atoms with van der Waals surface area (Å²) in [5.74, 6) is 1.22. The molecule has 1 saturated carbocycles. The number of anilines is 1. The second-order valence-electron chi connectivity index (χ2n) is 7.77. The lowest BCUT2D eigenvalue weighted by molar-refractivity contribution is -0.125. The van der Waals surface area contributed by atoms with E-state index in [9.17, 15) is 4.79 Å². The van der Waals surface area contributed by atoms with Crippen LogP contribution in [0.1, 0.15) is 52.5 Å². The van der Waals surface area contributed by atoms with Crippen molar-refractivity contribution in [3.8, 4) is 0 Å². The van der Waals surface area contributed by atoms with Crippen LogP contribution in [-0.4, -0.2) is 11.0 Å². The average Bonchev–Trinajstić information content (AvgIpc) is 2.46. The second-order valence-corrected chi connectivity index (χ2v) is 7.77. The summed E-state index contributed by atoms with van der Waals surface area (Å²) >= 11 is 0. The van der Waals surface area contributed by atoms with Crippen LogP contribution in [0, 0.1) is 23.2 Å². The van der Waals surface area contributed by atoms with Crippen molar-refractivity contribution in [2.45, 2.75) is 53.6 Å². The highest BCUT2D eigenvalue weighted by atomic mass is 16.3. The van der Waals surface area contributed by atoms with Gasteiger partial charge in [0, 0.05) is 11.6 Å². The zero-order valence-electron chi connectivity index (χ0n) is 14.2. The van der Waals surface area contributed by atoms with Gasteiger partial charge in [-0.25, -0.2) is 0 Å². The molecule has 2 unspecified atom stereocenters. The molecule has 0 heterocycles. The number of carbonyl (C=O) groups is 1. The quantitative estimate of drug-likeness (QED) is 0.875. The largest absolute Gasteiger partial charge is 0.392 e. The third-order valence-electron chi connectivity index (χ3n) is 5.04. The third kappa shape index (κ3) is 4.10. The van der Waals surface area contributed by atoms with Crippen molar-refractivity contribution in [1.29, 1.82) is 0 Å². The minimum absolute atomic E-state index is 0.0282. The Hall–Kier alpha value is -1.35. The SMILES string of the molecule is CC(C)C1CCC(C)(C)CC1C(=O)Nc1ccc(CO)cc1. The summed E-state index contributed by atoms with van der Waals surface area (Å²) in [6.45, 7) is 9.00. The Labute approximate surface area is 134 Å². The number of hydrogen-bond donors (Lipinski definition) is 2. The summed E-state index contributed by atoms with van der Waals surface area (Å²) in [5.41, 5.74) is 1.92. The summed E-state index contributed by atoms with van der Waals surface area (Å²) in [6, 6.07) is 7.42. The van der Waals surface area contributed by atoms with Gasteiger partial charge in [-0.2, -0.15) is 0 Å². The Kier molecular flexibility index (Phi) is 5.28. The number of benzene rings is 1. The molecule has 2 atom stereocenters. The van der Waals surface area contributed by atoms with Crippen molar-refractivity contribution in [2.24, 2.45) is 23.2 Å². The van der Waals surface area contributed by atoms with Gasteiger partial charge in [-0.15, -0.1) is 0 Å². The monoisotopic (exact) mass is 303 g/mol. The van der Waals surface area contributed by atoms with E-state index in [1.165, 1.54) is 6.42 Å². The summed E-state index contributed by atoms with van der Waals surface area (Å²) < 4.78 is 0. The van der Waals surface area contributed by atoms with Gasteiger partial charge in [0.15, 0.2) is 0 Å². The molecular weight excluding hydrogens is 274 g/mol. The van der Waals surface area contributed by atoms with Crippen LogP contribution < -0.4 is 5.32 Å². The van der Waals surface area contributed by atoms with E-state index in [0.29, 0.717) is 11.8 Å². The molecule has 122 valence electrons. The lowest BCUT2D eigenvalue weighted by Gasteiger charge is -2.41. The van der Waals surface area contributed by atoms with E-state index in [1.807, 2.05) is 24.3 Å². The maximum atomic E-state index is 12.8. The van der Waals surface area contributed by atoms with Gasteiger partial charge in [0.2, 0.25) is 5.91 Å². The molecule has 0 aliphatic heterocycles. The fraction of sp³-hybridized carbons (Fsp3) is 0.632. The van der Waals surface area contributed by atoms with Crippen molar-refractivity contribution in [3.05, 3.63) is 29.8 Å². The predicted molar refractivity (Wildman–Crippen MR) is 90.4 cm³/mol. The van der Waals surface area contributed by atoms with Crippen molar-refractivity contribution in [2.75, 3.05) is 5.32 Å². The Balaban J connectivity index is 2.10. The summed E-state index contributed by atoms with van der Waals surface area (Å²) in [5, 5.41) is 12.1. The molecule has 0 spiro atoms. The standard InChI is InChI=1S/C19H29NO2/c1-13(2)16-9-10-19(3,4)11-17(16)18(22)20-15-7-5-14(12-21)6-8-15/h5-8,13,16-17,21H,9-12H2,1-4H3,(H,20,22). The van der Waals surface area contributed by atoms with Gasteiger partial charge in [0.05, 0.1) is 6.61 Å². The van der Waals surface area contributed by atoms with Crippen molar-refractivity contribution in [3.63, 3.8) is 0 Å². The van der Waals surface area contributed by atoms with E-state index in [-0.39, 0.29) is 23.8 Å². The zero-order chi connectivity index (χ0) is 16.3. The summed E-state index contributed by atoms with van der Waals surface area (Å²) in [6.07, 6.45) is 3.29. The smallest absolute Gasteiger partial charge is 0.227 e. The van der Waals surface area contributed by atoms with Crippen LogP contribution in [0.4, 0.5) is 5.69 Å². The van der Waals surface area contributed by atoms with Crippen LogP contribution >= 0.6 is 0 Å². The third-order valence-corrected chi connectivity index (χ3v) is 5.04. The van der Waals surface area contributed by atoms with Gasteiger partial charge in [0.1, 0.15) is 0 Å². The highest BCUT2D eigenvalue weighted by Gasteiger charge is 2.39. The molecule has 0 aromatic heterocycles. The van der Waals surface area contributed by atoms with E-state index in [1.54, 1.807) is 0 Å². The van der Waals surface area contributed by atoms with Crippen LogP contribution in [0.15, 0.2) is 24.3 Å². The number of amides is 1. The fourth-order valence-corrected chi connectivity index (χ4v) is 3.62. The molecule has 2 rings (SSSR count). The summed E-state index contributed by atoms with van der Waals surface area (Å²) in [4.78, 5) is 12.8. The first-order valence-corrected chi connectivity index (χ1v) is 8.33. The van der Waals surface area contributed by atoms with E-state index in [4.69, 9.17) is 5.11 Å². The van der Waals surface area contributed by atoms with Gasteiger partial charge in [0.25, 0.3) is 0 Å². The average molecular weight is 303 g/mol. The number of aliphatic hydroxyl groups is 1. The Morgan fingerprint density at radius 1 is 1.32 bits per heavy atom. The van der Waals surface area contributed by atoms with Gasteiger partial charge in [-0.1, -0.05) is 39.8 Å². The molecule has 3 nitrogen and oxygen atoms in total. The maximum Gasteiger partial charge on any atom is 0.227 e. The minimum Gasteiger partial charge on any atom is -0.392 e. The molecule has 22 heavy (non-hydrogen) atoms. The van der Waals surface area contributed by atoms with E-state index < -0.39 is 0 Å². The van der Waals surface area contributed by atoms with Crippen molar-refractivity contribution in [1.82, 2.24) is 0 Å². The normalized spacial score (nSPS) is 24.3. The van der Waals surface area contributed by atoms with Crippen LogP contribution in [-0.2, 0) is 11.4 Å². The zero-order valence-corrected chi connectivity index (χ0v) is 14.2. The van der Waals surface area contributed by atoms with Crippen LogP contribution in [0.25, 0.3) is 0 Å². The molecule has 1 aromatic rings. The second kappa shape index (κ2) is 6.82. The van der Waals surface area contributed by atoms with Crippen LogP contribution in [0.5, 0.6) is 0 Å². The van der Waals surface area contributed by atoms with Crippen molar-refractivity contribution < 1.29 is 9.90 Å². The first kappa shape index (κ1) is 17.0. The topological polar surface area (TPSA) is 49.3 Å². The molecule has 1 aliphatic rings. The first-order chi connectivity index (χ1) is 10.3. The van der Waals surface area contributed by atoms with E-state index in [0.717, 1.165) is 24.1 Å². The Bertz CT molecular complexity index is 505. The van der Waals surface area contributed by atoms with Crippen LogP contribution in [0.3, 0.4) is 0 Å². The number of carbonyl (C=O) groups excluding carboxylic acids is 1. The first-order valence-electron chi connectivity index (χ1n) is 8.33. The van der Waals surface area contributed by atoms with Gasteiger partial charge in [-0.3, -0.25) is 4.79 Å². The van der Waals surface area contributed by atoms with Gasteiger partial charge in [-0.05, 0) is 54.2 Å². The molecule has 1 aliphatic carbocycles. The van der Waals surface area contributed by atoms with Gasteiger partial charge < -0.3 is 10.4 Å². The predicted octanol–water partition coefficient (Wildman–Crippen LogP) is 4.22. The Morgan fingerprint density at radius 3 is 2.50 bits per heavy atom. The molecule has 1 fully saturated rings. The highest BCUT2D eigenvalue weighted by Crippen LogP contribution is 2.44. The number of rotatable bonds is 4. The number of hydrogen-bond acceptors (Lipinski definition) is 2. The molecule has 1 amide bonds. The van der Waals surface area contributed by atoms with Gasteiger partial charge >= 0.3 is 0 Å². The minimum atomic E-state index is 0.0282. The molecular formula is C19H29NO2. The molecule has 0 radical (unpaired) electrons. The fourth-order valence-electron chi connectivity index (χ4n) is 3.62. The van der Waals surface area contributed by atoms with E-state index >= 15 is 0 Å². The van der Waals surface area contributed by atoms with E-state index in [2.05, 4.69) is 33.0 Å². The molecule has 3 heteroatoms. The molecule has 0 saturated heterocycles. The number of nitrogens with one attached hydrogen (secondary N) is 1. The lowest BCUT2D eigenvalue weighted by Crippen LogP contribution is -2.39. The molecule has 2 N–H and O–H groups in total. The molecule has 1 aromatic carbocycles. The Morgan fingerprint density at radius 2 is 1.95 bits per heavy atom. The van der Waals surface area contributed by atoms with Crippen LogP contribution in [0.2, 0.25) is 0 Å². The maximum absolute atomic E-state index is 12.8. The highest BCUT2D eigenvalue weighted by molar-refractivity contribution is 5.92. The number of aliphatic hydroxyl groups excluding tert-OH is 1. The summed E-state index contributed by atoms with van der Waals surface area (Å²) in [7, 11) is 0. The molecule has 0 bridgehead atoms. The van der Waals surface area contributed by atoms with Crippen molar-refractivity contribution >= 4 is 11.6 Å².